The van der Waals surface area contributed by atoms with Gasteiger partial charge in [0.05, 0.1) is 16.7 Å². The summed E-state index contributed by atoms with van der Waals surface area (Å²) in [6, 6.07) is 5.66. The third-order valence-corrected chi connectivity index (χ3v) is 2.89. The fraction of sp³-hybridized carbons (Fsp3) is 0. The van der Waals surface area contributed by atoms with E-state index < -0.39 is 4.92 Å². The van der Waals surface area contributed by atoms with Crippen LogP contribution in [-0.2, 0) is 0 Å². The lowest BCUT2D eigenvalue weighted by atomic mass is 10.2. The van der Waals surface area contributed by atoms with Gasteiger partial charge in [0.15, 0.2) is 5.84 Å². The van der Waals surface area contributed by atoms with Crippen molar-refractivity contribution in [3.8, 4) is 11.6 Å². The zero-order valence-corrected chi connectivity index (χ0v) is 11.9. The highest BCUT2D eigenvalue weighted by atomic mass is 79.9. The average Bonchev–Trinajstić information content (AvgIpc) is 2.48. The zero-order valence-electron chi connectivity index (χ0n) is 10.3. The monoisotopic (exact) mass is 353 g/mol. The molecule has 0 fully saturated rings. The molecule has 1 aromatic carbocycles. The molecule has 0 spiro atoms. The molecule has 0 aliphatic heterocycles. The van der Waals surface area contributed by atoms with E-state index in [4.69, 9.17) is 15.7 Å². The van der Waals surface area contributed by atoms with Crippen molar-refractivity contribution in [1.29, 1.82) is 0 Å². The Kier molecular flexibility index (Phi) is 4.28. The molecule has 1 aromatic heterocycles. The molecule has 2 aromatic rings. The number of aromatic nitrogens is 2. The first kappa shape index (κ1) is 14.7. The lowest BCUT2D eigenvalue weighted by Gasteiger charge is -2.08. The van der Waals surface area contributed by atoms with Gasteiger partial charge in [0.2, 0.25) is 11.6 Å². The molecule has 3 N–H and O–H groups in total. The summed E-state index contributed by atoms with van der Waals surface area (Å²) in [4.78, 5) is 10.4. The summed E-state index contributed by atoms with van der Waals surface area (Å²) in [5, 5.41) is 29.9. The number of nitro benzene ring substituents is 1. The van der Waals surface area contributed by atoms with Crippen LogP contribution in [0.4, 0.5) is 5.69 Å². The molecule has 0 unspecified atom stereocenters. The summed E-state index contributed by atoms with van der Waals surface area (Å²) in [5.74, 6) is -0.409. The first-order valence-corrected chi connectivity index (χ1v) is 6.23. The highest BCUT2D eigenvalue weighted by molar-refractivity contribution is 9.10. The fourth-order valence-electron chi connectivity index (χ4n) is 1.47. The number of hydrogen-bond donors (Lipinski definition) is 2. The van der Waals surface area contributed by atoms with Crippen molar-refractivity contribution < 1.29 is 14.9 Å². The van der Waals surface area contributed by atoms with Crippen LogP contribution in [0.25, 0.3) is 0 Å². The first-order chi connectivity index (χ1) is 10.0. The number of amidine groups is 1. The van der Waals surface area contributed by atoms with Crippen molar-refractivity contribution in [1.82, 2.24) is 10.2 Å². The Morgan fingerprint density at radius 1 is 1.48 bits per heavy atom. The van der Waals surface area contributed by atoms with Crippen molar-refractivity contribution in [3.05, 3.63) is 50.6 Å². The van der Waals surface area contributed by atoms with E-state index in [1.807, 2.05) is 0 Å². The molecule has 0 aliphatic carbocycles. The first-order valence-electron chi connectivity index (χ1n) is 5.44. The van der Waals surface area contributed by atoms with E-state index in [2.05, 4.69) is 31.3 Å². The molecule has 0 saturated carbocycles. The molecule has 0 radical (unpaired) electrons. The van der Waals surface area contributed by atoms with E-state index in [0.717, 1.165) is 0 Å². The number of hydrogen-bond acceptors (Lipinski definition) is 7. The lowest BCUT2D eigenvalue weighted by molar-refractivity contribution is -0.385. The van der Waals surface area contributed by atoms with Crippen LogP contribution >= 0.6 is 15.9 Å². The number of halogens is 1. The maximum Gasteiger partial charge on any atom is 0.312 e. The summed E-state index contributed by atoms with van der Waals surface area (Å²) in [7, 11) is 0. The van der Waals surface area contributed by atoms with Gasteiger partial charge in [0.25, 0.3) is 0 Å². The number of nitro groups is 1. The highest BCUT2D eigenvalue weighted by Crippen LogP contribution is 2.33. The molecule has 9 nitrogen and oxygen atoms in total. The van der Waals surface area contributed by atoms with Crippen LogP contribution in [0, 0.1) is 10.1 Å². The Labute approximate surface area is 126 Å². The van der Waals surface area contributed by atoms with Gasteiger partial charge in [-0.2, -0.15) is 5.10 Å². The van der Waals surface area contributed by atoms with Gasteiger partial charge in [-0.05, 0) is 18.2 Å². The van der Waals surface area contributed by atoms with Crippen LogP contribution < -0.4 is 10.5 Å². The number of nitrogens with two attached hydrogens (primary N) is 1. The molecule has 21 heavy (non-hydrogen) atoms. The quantitative estimate of drug-likeness (QED) is 0.282. The van der Waals surface area contributed by atoms with Crippen molar-refractivity contribution in [2.75, 3.05) is 0 Å². The topological polar surface area (TPSA) is 137 Å². The van der Waals surface area contributed by atoms with Crippen molar-refractivity contribution in [3.63, 3.8) is 0 Å². The maximum atomic E-state index is 11.0. The summed E-state index contributed by atoms with van der Waals surface area (Å²) in [5.41, 5.74) is 5.38. The molecule has 108 valence electrons. The molecule has 2 rings (SSSR count). The molecule has 0 atom stereocenters. The number of ether oxygens (including phenoxy) is 1. The van der Waals surface area contributed by atoms with E-state index in [1.165, 1.54) is 24.4 Å². The average molecular weight is 354 g/mol. The molecule has 0 bridgehead atoms. The minimum absolute atomic E-state index is 0.0457. The molecular formula is C11H8BrN5O4. The summed E-state index contributed by atoms with van der Waals surface area (Å²) < 4.78 is 5.90. The molecule has 0 aliphatic rings. The standard InChI is InChI=1S/C11H8BrN5O4/c12-6-1-2-9(8(5-6)17(19)20)21-11-7(10(13)16-18)3-4-14-15-11/h1-5,18H,(H2,13,16). The minimum Gasteiger partial charge on any atom is -0.430 e. The fourth-order valence-corrected chi connectivity index (χ4v) is 1.82. The summed E-state index contributed by atoms with van der Waals surface area (Å²) in [6.07, 6.45) is 1.32. The SMILES string of the molecule is N/C(=N/O)c1ccnnc1Oc1ccc(Br)cc1[N+](=O)[O-]. The van der Waals surface area contributed by atoms with Crippen molar-refractivity contribution in [2.45, 2.75) is 0 Å². The molecule has 1 heterocycles. The third kappa shape index (κ3) is 3.23. The smallest absolute Gasteiger partial charge is 0.312 e. The van der Waals surface area contributed by atoms with Gasteiger partial charge in [0.1, 0.15) is 0 Å². The van der Waals surface area contributed by atoms with Crippen LogP contribution in [0.2, 0.25) is 0 Å². The van der Waals surface area contributed by atoms with Gasteiger partial charge in [-0.25, -0.2) is 0 Å². The van der Waals surface area contributed by atoms with Crippen LogP contribution in [0.3, 0.4) is 0 Å². The van der Waals surface area contributed by atoms with E-state index in [-0.39, 0.29) is 28.7 Å². The van der Waals surface area contributed by atoms with Gasteiger partial charge in [-0.3, -0.25) is 10.1 Å². The largest absolute Gasteiger partial charge is 0.430 e. The second-order valence-electron chi connectivity index (χ2n) is 3.71. The number of rotatable bonds is 4. The van der Waals surface area contributed by atoms with Crippen LogP contribution in [0.5, 0.6) is 11.6 Å². The predicted molar refractivity (Wildman–Crippen MR) is 75.4 cm³/mol. The highest BCUT2D eigenvalue weighted by Gasteiger charge is 2.19. The normalized spacial score (nSPS) is 11.2. The van der Waals surface area contributed by atoms with E-state index in [9.17, 15) is 10.1 Å². The van der Waals surface area contributed by atoms with E-state index in [0.29, 0.717) is 4.47 Å². The van der Waals surface area contributed by atoms with Gasteiger partial charge in [-0.15, -0.1) is 5.10 Å². The van der Waals surface area contributed by atoms with E-state index in [1.54, 1.807) is 6.07 Å². The maximum absolute atomic E-state index is 11.0. The van der Waals surface area contributed by atoms with Crippen LogP contribution in [-0.4, -0.2) is 26.2 Å². The van der Waals surface area contributed by atoms with E-state index >= 15 is 0 Å². The van der Waals surface area contributed by atoms with Gasteiger partial charge >= 0.3 is 5.69 Å². The summed E-state index contributed by atoms with van der Waals surface area (Å²) >= 11 is 3.14. The predicted octanol–water partition coefficient (Wildman–Crippen LogP) is 2.03. The Morgan fingerprint density at radius 2 is 2.24 bits per heavy atom. The van der Waals surface area contributed by atoms with Crippen molar-refractivity contribution >= 4 is 27.5 Å². The second-order valence-corrected chi connectivity index (χ2v) is 4.62. The number of nitrogens with zero attached hydrogens (tertiary/aromatic N) is 4. The van der Waals surface area contributed by atoms with Crippen LogP contribution in [0.15, 0.2) is 40.1 Å². The Balaban J connectivity index is 2.46. The molecule has 0 amide bonds. The Morgan fingerprint density at radius 3 is 2.90 bits per heavy atom. The number of benzene rings is 1. The van der Waals surface area contributed by atoms with Crippen LogP contribution in [0.1, 0.15) is 5.56 Å². The summed E-state index contributed by atoms with van der Waals surface area (Å²) in [6.45, 7) is 0. The Hall–Kier alpha value is -2.75. The van der Waals surface area contributed by atoms with Gasteiger partial charge < -0.3 is 15.7 Å². The van der Waals surface area contributed by atoms with Crippen molar-refractivity contribution in [2.24, 2.45) is 10.9 Å². The third-order valence-electron chi connectivity index (χ3n) is 2.39. The second kappa shape index (κ2) is 6.13. The minimum atomic E-state index is -0.598. The molecule has 0 saturated heterocycles. The number of oxime groups is 1. The lowest BCUT2D eigenvalue weighted by Crippen LogP contribution is -2.15. The Bertz CT molecular complexity index is 722. The molecule has 10 heteroatoms. The van der Waals surface area contributed by atoms with Gasteiger partial charge in [0, 0.05) is 10.5 Å². The molecular weight excluding hydrogens is 346 g/mol. The van der Waals surface area contributed by atoms with Gasteiger partial charge in [-0.1, -0.05) is 21.1 Å². The zero-order chi connectivity index (χ0) is 15.4.